The summed E-state index contributed by atoms with van der Waals surface area (Å²) in [5, 5.41) is 3.78. The molecule has 1 heterocycles. The van der Waals surface area contributed by atoms with Crippen LogP contribution >= 0.6 is 36.4 Å². The van der Waals surface area contributed by atoms with Crippen LogP contribution in [0.25, 0.3) is 0 Å². The maximum absolute atomic E-state index is 11.9. The fourth-order valence-electron chi connectivity index (χ4n) is 2.92. The third-order valence-corrected chi connectivity index (χ3v) is 4.82. The molecular formula is C16H24Cl3N3O. The third kappa shape index (κ3) is 4.66. The van der Waals surface area contributed by atoms with Crippen molar-refractivity contribution in [2.45, 2.75) is 31.7 Å². The van der Waals surface area contributed by atoms with Gasteiger partial charge in [0.25, 0.3) is 0 Å². The first-order valence-electron chi connectivity index (χ1n) is 7.56. The lowest BCUT2D eigenvalue weighted by molar-refractivity contribution is -0.123. The summed E-state index contributed by atoms with van der Waals surface area (Å²) < 4.78 is 0. The first-order valence-corrected chi connectivity index (χ1v) is 7.94. The van der Waals surface area contributed by atoms with E-state index in [1.165, 1.54) is 11.3 Å². The fourth-order valence-corrected chi connectivity index (χ4v) is 3.08. The van der Waals surface area contributed by atoms with E-state index in [0.29, 0.717) is 12.5 Å². The number of carbonyl (C=O) groups excluding carboxylic acids is 1. The number of nitrogens with one attached hydrogen (secondary N) is 1. The first kappa shape index (κ1) is 20.4. The highest BCUT2D eigenvalue weighted by Gasteiger charge is 2.45. The molecule has 23 heavy (non-hydrogen) atoms. The summed E-state index contributed by atoms with van der Waals surface area (Å²) in [6.45, 7) is 4.79. The van der Waals surface area contributed by atoms with Gasteiger partial charge in [-0.05, 0) is 49.8 Å². The number of hydrogen-bond donors (Lipinski definition) is 2. The van der Waals surface area contributed by atoms with Crippen molar-refractivity contribution < 1.29 is 4.79 Å². The Morgan fingerprint density at radius 3 is 2.78 bits per heavy atom. The van der Waals surface area contributed by atoms with Crippen LogP contribution in [0, 0.1) is 12.8 Å². The van der Waals surface area contributed by atoms with Gasteiger partial charge >= 0.3 is 0 Å². The molecule has 1 saturated heterocycles. The van der Waals surface area contributed by atoms with Gasteiger partial charge in [0.05, 0.1) is 5.54 Å². The molecule has 1 aromatic carbocycles. The van der Waals surface area contributed by atoms with Gasteiger partial charge in [-0.1, -0.05) is 17.7 Å². The molecule has 1 amide bonds. The number of amides is 1. The monoisotopic (exact) mass is 379 g/mol. The number of aryl methyl sites for hydroxylation is 1. The quantitative estimate of drug-likeness (QED) is 0.844. The molecule has 2 fully saturated rings. The van der Waals surface area contributed by atoms with Crippen LogP contribution in [0.3, 0.4) is 0 Å². The Labute approximate surface area is 154 Å². The van der Waals surface area contributed by atoms with Crippen LogP contribution < -0.4 is 16.0 Å². The molecule has 1 atom stereocenters. The zero-order valence-electron chi connectivity index (χ0n) is 13.2. The number of benzene rings is 1. The minimum absolute atomic E-state index is 0. The van der Waals surface area contributed by atoms with E-state index >= 15 is 0 Å². The van der Waals surface area contributed by atoms with Crippen LogP contribution in [-0.4, -0.2) is 31.1 Å². The van der Waals surface area contributed by atoms with Gasteiger partial charge in [-0.15, -0.1) is 24.8 Å². The molecular weight excluding hydrogens is 357 g/mol. The number of anilines is 1. The highest BCUT2D eigenvalue weighted by Crippen LogP contribution is 2.32. The Balaban J connectivity index is 0.00000132. The Bertz CT molecular complexity index is 564. The van der Waals surface area contributed by atoms with Gasteiger partial charge in [0, 0.05) is 30.3 Å². The van der Waals surface area contributed by atoms with Gasteiger partial charge in [-0.25, -0.2) is 0 Å². The predicted octanol–water partition coefficient (Wildman–Crippen LogP) is 2.93. The summed E-state index contributed by atoms with van der Waals surface area (Å²) in [4.78, 5) is 14.2. The maximum atomic E-state index is 11.9. The molecule has 2 aliphatic rings. The van der Waals surface area contributed by atoms with Crippen molar-refractivity contribution in [3.05, 3.63) is 28.8 Å². The summed E-state index contributed by atoms with van der Waals surface area (Å²) >= 11 is 6.09. The average Bonchev–Trinajstić information content (AvgIpc) is 3.04. The van der Waals surface area contributed by atoms with E-state index in [4.69, 9.17) is 17.3 Å². The zero-order chi connectivity index (χ0) is 15.0. The summed E-state index contributed by atoms with van der Waals surface area (Å²) in [6, 6.07) is 6.00. The molecule has 3 rings (SSSR count). The molecule has 4 nitrogen and oxygen atoms in total. The van der Waals surface area contributed by atoms with Crippen molar-refractivity contribution >= 4 is 48.0 Å². The van der Waals surface area contributed by atoms with Gasteiger partial charge in [0.1, 0.15) is 0 Å². The average molecular weight is 381 g/mol. The van der Waals surface area contributed by atoms with Crippen molar-refractivity contribution in [3.8, 4) is 0 Å². The van der Waals surface area contributed by atoms with E-state index in [9.17, 15) is 4.79 Å². The van der Waals surface area contributed by atoms with Crippen molar-refractivity contribution in [1.29, 1.82) is 0 Å². The van der Waals surface area contributed by atoms with Gasteiger partial charge in [0.15, 0.2) is 0 Å². The second kappa shape index (κ2) is 7.93. The van der Waals surface area contributed by atoms with Gasteiger partial charge in [-0.2, -0.15) is 0 Å². The molecule has 1 unspecified atom stereocenters. The summed E-state index contributed by atoms with van der Waals surface area (Å²) in [7, 11) is 0. The van der Waals surface area contributed by atoms with Crippen LogP contribution in [-0.2, 0) is 4.79 Å². The first-order chi connectivity index (χ1) is 9.98. The van der Waals surface area contributed by atoms with Crippen molar-refractivity contribution in [2.75, 3.05) is 24.5 Å². The molecule has 0 aromatic heterocycles. The van der Waals surface area contributed by atoms with Gasteiger partial charge in [-0.3, -0.25) is 4.79 Å². The smallest absolute Gasteiger partial charge is 0.240 e. The van der Waals surface area contributed by atoms with Gasteiger partial charge in [0.2, 0.25) is 5.91 Å². The molecule has 3 N–H and O–H groups in total. The molecule has 1 aliphatic heterocycles. The molecule has 0 bridgehead atoms. The van der Waals surface area contributed by atoms with E-state index < -0.39 is 5.54 Å². The van der Waals surface area contributed by atoms with Crippen LogP contribution in [0.4, 0.5) is 5.69 Å². The number of rotatable bonds is 4. The van der Waals surface area contributed by atoms with E-state index in [2.05, 4.69) is 23.2 Å². The molecule has 0 spiro atoms. The number of hydrogen-bond acceptors (Lipinski definition) is 3. The Morgan fingerprint density at radius 2 is 2.13 bits per heavy atom. The lowest BCUT2D eigenvalue weighted by atomic mass is 10.1. The lowest BCUT2D eigenvalue weighted by Gasteiger charge is -2.21. The maximum Gasteiger partial charge on any atom is 0.240 e. The zero-order valence-corrected chi connectivity index (χ0v) is 15.6. The molecule has 0 radical (unpaired) electrons. The standard InChI is InChI=1S/C16H22ClN3O.2ClH/c1-11-2-3-13(17)8-14(11)20-7-4-12(10-20)9-19-15(21)16(18)5-6-16;;/h2-3,8,12H,4-7,9-10,18H2,1H3,(H,19,21);2*1H. The summed E-state index contributed by atoms with van der Waals surface area (Å²) in [5.74, 6) is 0.495. The SMILES string of the molecule is Cc1ccc(Cl)cc1N1CCC(CNC(=O)C2(N)CC2)C1.Cl.Cl. The number of nitrogens with zero attached hydrogens (tertiary/aromatic N) is 1. The Kier molecular flexibility index (Phi) is 7.02. The Morgan fingerprint density at radius 1 is 1.43 bits per heavy atom. The highest BCUT2D eigenvalue weighted by atomic mass is 35.5. The number of halogens is 3. The van der Waals surface area contributed by atoms with E-state index in [-0.39, 0.29) is 30.7 Å². The van der Waals surface area contributed by atoms with Crippen LogP contribution in [0.5, 0.6) is 0 Å². The minimum Gasteiger partial charge on any atom is -0.371 e. The molecule has 1 saturated carbocycles. The summed E-state index contributed by atoms with van der Waals surface area (Å²) in [6.07, 6.45) is 2.72. The van der Waals surface area contributed by atoms with Crippen molar-refractivity contribution in [3.63, 3.8) is 0 Å². The van der Waals surface area contributed by atoms with Crippen molar-refractivity contribution in [2.24, 2.45) is 11.7 Å². The highest BCUT2D eigenvalue weighted by molar-refractivity contribution is 6.30. The molecule has 1 aromatic rings. The lowest BCUT2D eigenvalue weighted by Crippen LogP contribution is -2.44. The Hall–Kier alpha value is -0.680. The predicted molar refractivity (Wildman–Crippen MR) is 100 cm³/mol. The van der Waals surface area contributed by atoms with E-state index in [1.807, 2.05) is 12.1 Å². The van der Waals surface area contributed by atoms with Crippen LogP contribution in [0.15, 0.2) is 18.2 Å². The topological polar surface area (TPSA) is 58.4 Å². The molecule has 1 aliphatic carbocycles. The van der Waals surface area contributed by atoms with Gasteiger partial charge < -0.3 is 16.0 Å². The third-order valence-electron chi connectivity index (χ3n) is 4.59. The largest absolute Gasteiger partial charge is 0.371 e. The molecule has 130 valence electrons. The molecule has 7 heteroatoms. The van der Waals surface area contributed by atoms with Crippen LogP contribution in [0.2, 0.25) is 5.02 Å². The summed E-state index contributed by atoms with van der Waals surface area (Å²) in [5.41, 5.74) is 7.77. The number of nitrogens with two attached hydrogens (primary N) is 1. The van der Waals surface area contributed by atoms with E-state index in [1.54, 1.807) is 0 Å². The van der Waals surface area contributed by atoms with E-state index in [0.717, 1.165) is 37.4 Å². The van der Waals surface area contributed by atoms with Crippen molar-refractivity contribution in [1.82, 2.24) is 5.32 Å². The minimum atomic E-state index is -0.568. The normalized spacial score (nSPS) is 21.2. The second-order valence-corrected chi connectivity index (χ2v) is 6.83. The van der Waals surface area contributed by atoms with Crippen LogP contribution in [0.1, 0.15) is 24.8 Å². The second-order valence-electron chi connectivity index (χ2n) is 6.40. The fraction of sp³-hybridized carbons (Fsp3) is 0.562. The number of carbonyl (C=O) groups is 1.